The van der Waals surface area contributed by atoms with Crippen molar-refractivity contribution < 1.29 is 4.74 Å². The lowest BCUT2D eigenvalue weighted by Gasteiger charge is -2.19. The highest BCUT2D eigenvalue weighted by atomic mass is 16.5. The number of nitrogens with zero attached hydrogens (tertiary/aromatic N) is 3. The van der Waals surface area contributed by atoms with E-state index in [1.807, 2.05) is 6.92 Å². The minimum absolute atomic E-state index is 0.609. The summed E-state index contributed by atoms with van der Waals surface area (Å²) in [6.45, 7) is 3.77. The molecule has 0 aliphatic carbocycles. The standard InChI is InChI=1S/C12H21N5O/c1-9-11(16-13)14-8-15-12(9)18-7-5-10-4-3-6-17(10)2/h8,10H,3-7,13H2,1-2H3,(H,14,15,16). The number of nitrogens with two attached hydrogens (primary N) is 1. The number of hydrogen-bond acceptors (Lipinski definition) is 6. The Bertz CT molecular complexity index is 398. The van der Waals surface area contributed by atoms with E-state index in [9.17, 15) is 0 Å². The van der Waals surface area contributed by atoms with Crippen LogP contribution in [0.15, 0.2) is 6.33 Å². The molecule has 3 N–H and O–H groups in total. The Morgan fingerprint density at radius 1 is 1.56 bits per heavy atom. The molecule has 6 nitrogen and oxygen atoms in total. The molecule has 2 heterocycles. The van der Waals surface area contributed by atoms with E-state index in [2.05, 4.69) is 27.3 Å². The maximum atomic E-state index is 5.72. The van der Waals surface area contributed by atoms with E-state index in [-0.39, 0.29) is 0 Å². The molecule has 1 atom stereocenters. The maximum absolute atomic E-state index is 5.72. The number of nitrogen functional groups attached to an aromatic ring is 1. The Kier molecular flexibility index (Phi) is 4.33. The molecule has 1 aliphatic heterocycles. The van der Waals surface area contributed by atoms with Crippen molar-refractivity contribution in [2.75, 3.05) is 25.6 Å². The van der Waals surface area contributed by atoms with E-state index in [4.69, 9.17) is 10.6 Å². The highest BCUT2D eigenvalue weighted by Crippen LogP contribution is 2.21. The van der Waals surface area contributed by atoms with Crippen molar-refractivity contribution in [2.24, 2.45) is 5.84 Å². The number of aromatic nitrogens is 2. The third-order valence-corrected chi connectivity index (χ3v) is 3.54. The van der Waals surface area contributed by atoms with Crippen LogP contribution in [0, 0.1) is 6.92 Å². The van der Waals surface area contributed by atoms with E-state index in [0.29, 0.717) is 24.3 Å². The van der Waals surface area contributed by atoms with Crippen LogP contribution in [0.4, 0.5) is 5.82 Å². The van der Waals surface area contributed by atoms with Gasteiger partial charge < -0.3 is 15.1 Å². The predicted molar refractivity (Wildman–Crippen MR) is 70.3 cm³/mol. The third-order valence-electron chi connectivity index (χ3n) is 3.54. The predicted octanol–water partition coefficient (Wildman–Crippen LogP) is 0.934. The van der Waals surface area contributed by atoms with Crippen LogP contribution in [-0.2, 0) is 0 Å². The smallest absolute Gasteiger partial charge is 0.221 e. The van der Waals surface area contributed by atoms with Crippen molar-refractivity contribution in [1.29, 1.82) is 0 Å². The first-order valence-corrected chi connectivity index (χ1v) is 6.33. The van der Waals surface area contributed by atoms with Crippen LogP contribution in [0.1, 0.15) is 24.8 Å². The molecule has 0 aromatic carbocycles. The SMILES string of the molecule is Cc1c(NN)ncnc1OCCC1CCCN1C. The first-order valence-electron chi connectivity index (χ1n) is 6.33. The van der Waals surface area contributed by atoms with Crippen LogP contribution in [0.25, 0.3) is 0 Å². The van der Waals surface area contributed by atoms with Gasteiger partial charge in [-0.2, -0.15) is 0 Å². The number of ether oxygens (including phenoxy) is 1. The van der Waals surface area contributed by atoms with Crippen LogP contribution in [-0.4, -0.2) is 41.1 Å². The number of likely N-dealkylation sites (tertiary alicyclic amines) is 1. The van der Waals surface area contributed by atoms with Gasteiger partial charge in [0.25, 0.3) is 0 Å². The molecular weight excluding hydrogens is 230 g/mol. The Labute approximate surface area is 108 Å². The van der Waals surface area contributed by atoms with Crippen molar-refractivity contribution in [1.82, 2.24) is 14.9 Å². The second-order valence-electron chi connectivity index (χ2n) is 4.71. The molecule has 0 spiro atoms. The van der Waals surface area contributed by atoms with E-state index in [1.54, 1.807) is 0 Å². The fourth-order valence-corrected chi connectivity index (χ4v) is 2.36. The molecule has 1 unspecified atom stereocenters. The zero-order valence-corrected chi connectivity index (χ0v) is 11.0. The Morgan fingerprint density at radius 3 is 3.06 bits per heavy atom. The fourth-order valence-electron chi connectivity index (χ4n) is 2.36. The lowest BCUT2D eigenvalue weighted by molar-refractivity contribution is 0.227. The quantitative estimate of drug-likeness (QED) is 0.599. The minimum Gasteiger partial charge on any atom is -0.477 e. The van der Waals surface area contributed by atoms with Gasteiger partial charge in [-0.05, 0) is 39.8 Å². The molecule has 100 valence electrons. The van der Waals surface area contributed by atoms with Gasteiger partial charge in [0, 0.05) is 6.04 Å². The average Bonchev–Trinajstić information content (AvgIpc) is 2.77. The Balaban J connectivity index is 1.86. The molecular formula is C12H21N5O. The summed E-state index contributed by atoms with van der Waals surface area (Å²) in [7, 11) is 2.17. The Hall–Kier alpha value is -1.40. The normalized spacial score (nSPS) is 20.1. The number of hydrogen-bond donors (Lipinski definition) is 2. The second kappa shape index (κ2) is 5.97. The summed E-state index contributed by atoms with van der Waals surface area (Å²) in [6.07, 6.45) is 5.04. The summed E-state index contributed by atoms with van der Waals surface area (Å²) in [5.41, 5.74) is 3.38. The van der Waals surface area contributed by atoms with Gasteiger partial charge in [-0.15, -0.1) is 0 Å². The van der Waals surface area contributed by atoms with Gasteiger partial charge in [0.05, 0.1) is 12.2 Å². The van der Waals surface area contributed by atoms with Gasteiger partial charge in [0.1, 0.15) is 12.1 Å². The van der Waals surface area contributed by atoms with Gasteiger partial charge in [-0.25, -0.2) is 15.8 Å². The number of rotatable bonds is 5. The van der Waals surface area contributed by atoms with E-state index >= 15 is 0 Å². The average molecular weight is 251 g/mol. The third kappa shape index (κ3) is 2.88. The first-order chi connectivity index (χ1) is 8.72. The minimum atomic E-state index is 0.609. The van der Waals surface area contributed by atoms with E-state index < -0.39 is 0 Å². The van der Waals surface area contributed by atoms with Crippen molar-refractivity contribution in [3.8, 4) is 5.88 Å². The van der Waals surface area contributed by atoms with Gasteiger partial charge in [-0.1, -0.05) is 0 Å². The van der Waals surface area contributed by atoms with Crippen LogP contribution < -0.4 is 16.0 Å². The summed E-state index contributed by atoms with van der Waals surface area (Å²) >= 11 is 0. The molecule has 1 aromatic heterocycles. The number of anilines is 1. The topological polar surface area (TPSA) is 76.3 Å². The first kappa shape index (κ1) is 13.0. The molecule has 2 rings (SSSR count). The number of nitrogens with one attached hydrogen (secondary N) is 1. The lowest BCUT2D eigenvalue weighted by Crippen LogP contribution is -2.26. The summed E-state index contributed by atoms with van der Waals surface area (Å²) in [5, 5.41) is 0. The van der Waals surface area contributed by atoms with E-state index in [0.717, 1.165) is 12.0 Å². The molecule has 1 aliphatic rings. The molecule has 6 heteroatoms. The molecule has 0 radical (unpaired) electrons. The maximum Gasteiger partial charge on any atom is 0.221 e. The molecule has 0 amide bonds. The number of hydrazine groups is 1. The molecule has 1 aromatic rings. The zero-order chi connectivity index (χ0) is 13.0. The van der Waals surface area contributed by atoms with Crippen LogP contribution in [0.3, 0.4) is 0 Å². The lowest BCUT2D eigenvalue weighted by atomic mass is 10.1. The molecule has 1 fully saturated rings. The van der Waals surface area contributed by atoms with Gasteiger partial charge >= 0.3 is 0 Å². The highest BCUT2D eigenvalue weighted by molar-refractivity contribution is 5.46. The summed E-state index contributed by atoms with van der Waals surface area (Å²) < 4.78 is 5.72. The van der Waals surface area contributed by atoms with Crippen LogP contribution >= 0.6 is 0 Å². The van der Waals surface area contributed by atoms with E-state index in [1.165, 1.54) is 25.7 Å². The van der Waals surface area contributed by atoms with Crippen LogP contribution in [0.5, 0.6) is 5.88 Å². The van der Waals surface area contributed by atoms with Crippen molar-refractivity contribution in [3.05, 3.63) is 11.9 Å². The van der Waals surface area contributed by atoms with Gasteiger partial charge in [-0.3, -0.25) is 0 Å². The largest absolute Gasteiger partial charge is 0.477 e. The Morgan fingerprint density at radius 2 is 2.39 bits per heavy atom. The molecule has 0 bridgehead atoms. The van der Waals surface area contributed by atoms with Gasteiger partial charge in [0.15, 0.2) is 0 Å². The monoisotopic (exact) mass is 251 g/mol. The molecule has 0 saturated carbocycles. The summed E-state index contributed by atoms with van der Waals surface area (Å²) in [6, 6.07) is 0.638. The van der Waals surface area contributed by atoms with Crippen molar-refractivity contribution in [2.45, 2.75) is 32.2 Å². The van der Waals surface area contributed by atoms with Crippen molar-refractivity contribution >= 4 is 5.82 Å². The zero-order valence-electron chi connectivity index (χ0n) is 11.0. The summed E-state index contributed by atoms with van der Waals surface area (Å²) in [4.78, 5) is 10.5. The summed E-state index contributed by atoms with van der Waals surface area (Å²) in [5.74, 6) is 6.58. The van der Waals surface area contributed by atoms with Crippen molar-refractivity contribution in [3.63, 3.8) is 0 Å². The fraction of sp³-hybridized carbons (Fsp3) is 0.667. The highest BCUT2D eigenvalue weighted by Gasteiger charge is 2.20. The molecule has 18 heavy (non-hydrogen) atoms. The second-order valence-corrected chi connectivity index (χ2v) is 4.71. The molecule has 1 saturated heterocycles. The van der Waals surface area contributed by atoms with Crippen LogP contribution in [0.2, 0.25) is 0 Å². The van der Waals surface area contributed by atoms with Gasteiger partial charge in [0.2, 0.25) is 5.88 Å².